The van der Waals surface area contributed by atoms with Crippen molar-refractivity contribution in [2.24, 2.45) is 0 Å². The number of aromatic nitrogens is 1. The molecule has 23 heavy (non-hydrogen) atoms. The van der Waals surface area contributed by atoms with Gasteiger partial charge in [0, 0.05) is 5.56 Å². The summed E-state index contributed by atoms with van der Waals surface area (Å²) in [5.41, 5.74) is 4.49. The first-order chi connectivity index (χ1) is 11.2. The maximum absolute atomic E-state index is 12.4. The topological polar surface area (TPSA) is 22.1 Å². The summed E-state index contributed by atoms with van der Waals surface area (Å²) in [5.74, 6) is 0.783. The summed E-state index contributed by atoms with van der Waals surface area (Å²) in [6, 6.07) is 12.4. The van der Waals surface area contributed by atoms with Crippen molar-refractivity contribution >= 4 is 21.6 Å². The maximum Gasteiger partial charge on any atom is 0.124 e. The molecule has 0 amide bonds. The van der Waals surface area contributed by atoms with E-state index in [0.29, 0.717) is 0 Å². The first-order valence-electron chi connectivity index (χ1n) is 7.90. The molecule has 0 aliphatic rings. The minimum Gasteiger partial charge on any atom is -0.491 e. The Balaban J connectivity index is 1.98. The van der Waals surface area contributed by atoms with Crippen molar-refractivity contribution in [3.05, 3.63) is 47.5 Å². The molecular weight excluding hydrogens is 309 g/mol. The van der Waals surface area contributed by atoms with E-state index in [1.54, 1.807) is 11.3 Å². The Morgan fingerprint density at radius 3 is 2.83 bits per heavy atom. The zero-order valence-electron chi connectivity index (χ0n) is 13.4. The number of fused-ring (bicyclic) bond motifs is 1. The van der Waals surface area contributed by atoms with Crippen LogP contribution in [0.15, 0.2) is 36.4 Å². The van der Waals surface area contributed by atoms with Crippen LogP contribution in [0.2, 0.25) is 0 Å². The van der Waals surface area contributed by atoms with Gasteiger partial charge in [-0.1, -0.05) is 19.4 Å². The normalized spacial score (nSPS) is 11.1. The second-order valence-corrected chi connectivity index (χ2v) is 6.63. The molecule has 0 saturated heterocycles. The van der Waals surface area contributed by atoms with Gasteiger partial charge in [0.05, 0.1) is 10.2 Å². The number of benzene rings is 2. The van der Waals surface area contributed by atoms with E-state index in [-0.39, 0.29) is 6.61 Å². The van der Waals surface area contributed by atoms with Crippen molar-refractivity contribution in [3.8, 4) is 16.3 Å². The Morgan fingerprint density at radius 1 is 1.17 bits per heavy atom. The molecule has 0 N–H and O–H groups in total. The maximum atomic E-state index is 12.4. The fourth-order valence-electron chi connectivity index (χ4n) is 2.62. The van der Waals surface area contributed by atoms with E-state index in [2.05, 4.69) is 38.1 Å². The molecule has 4 heteroatoms. The zero-order chi connectivity index (χ0) is 16.2. The van der Waals surface area contributed by atoms with Gasteiger partial charge in [0.1, 0.15) is 24.0 Å². The van der Waals surface area contributed by atoms with E-state index in [4.69, 9.17) is 9.72 Å². The Hall–Kier alpha value is -1.94. The van der Waals surface area contributed by atoms with Crippen molar-refractivity contribution < 1.29 is 9.13 Å². The van der Waals surface area contributed by atoms with Gasteiger partial charge in [0.15, 0.2) is 0 Å². The molecule has 0 spiro atoms. The third kappa shape index (κ3) is 3.53. The lowest BCUT2D eigenvalue weighted by atomic mass is 10.1. The van der Waals surface area contributed by atoms with Gasteiger partial charge in [-0.05, 0) is 54.8 Å². The van der Waals surface area contributed by atoms with Crippen LogP contribution in [0.4, 0.5) is 4.39 Å². The molecule has 0 aliphatic carbocycles. The van der Waals surface area contributed by atoms with Crippen molar-refractivity contribution in [3.63, 3.8) is 0 Å². The average Bonchev–Trinajstić information content (AvgIpc) is 2.97. The van der Waals surface area contributed by atoms with Gasteiger partial charge in [-0.15, -0.1) is 11.3 Å². The summed E-state index contributed by atoms with van der Waals surface area (Å²) >= 11 is 1.70. The minimum atomic E-state index is -0.468. The van der Waals surface area contributed by atoms with Crippen LogP contribution in [0.25, 0.3) is 20.8 Å². The van der Waals surface area contributed by atoms with Crippen LogP contribution in [0.5, 0.6) is 5.75 Å². The van der Waals surface area contributed by atoms with Crippen LogP contribution in [0, 0.1) is 6.92 Å². The summed E-state index contributed by atoms with van der Waals surface area (Å²) < 4.78 is 19.1. The number of thiazole rings is 1. The summed E-state index contributed by atoms with van der Waals surface area (Å²) in [6.45, 7) is 3.86. The number of nitrogens with zero attached hydrogens (tertiary/aromatic N) is 1. The minimum absolute atomic E-state index is 0.108. The van der Waals surface area contributed by atoms with Crippen molar-refractivity contribution in [2.75, 3.05) is 13.3 Å². The number of ether oxygens (including phenoxy) is 1. The fourth-order valence-corrected chi connectivity index (χ4v) is 3.68. The first-order valence-corrected chi connectivity index (χ1v) is 8.72. The Labute approximate surface area is 139 Å². The van der Waals surface area contributed by atoms with E-state index >= 15 is 0 Å². The van der Waals surface area contributed by atoms with Gasteiger partial charge in [0.25, 0.3) is 0 Å². The monoisotopic (exact) mass is 329 g/mol. The number of alkyl halides is 1. The molecule has 1 aromatic heterocycles. The van der Waals surface area contributed by atoms with E-state index in [1.807, 2.05) is 12.1 Å². The van der Waals surface area contributed by atoms with Crippen LogP contribution in [-0.4, -0.2) is 18.3 Å². The van der Waals surface area contributed by atoms with E-state index in [1.165, 1.54) is 10.3 Å². The van der Waals surface area contributed by atoms with Crippen molar-refractivity contribution in [1.29, 1.82) is 0 Å². The lowest BCUT2D eigenvalue weighted by molar-refractivity contribution is 0.271. The standard InChI is InChI=1S/C19H20FNOS/c1-3-4-14-12-15(6-8-17(14)22-10-9-20)19-21-16-7-5-13(2)11-18(16)23-19/h5-8,11-12H,3-4,9-10H2,1-2H3. The lowest BCUT2D eigenvalue weighted by Gasteiger charge is -2.11. The molecule has 3 aromatic rings. The van der Waals surface area contributed by atoms with Crippen LogP contribution < -0.4 is 4.74 Å². The van der Waals surface area contributed by atoms with Crippen LogP contribution in [0.3, 0.4) is 0 Å². The van der Waals surface area contributed by atoms with Gasteiger partial charge in [-0.2, -0.15) is 0 Å². The Bertz CT molecular complexity index is 812. The molecule has 0 unspecified atom stereocenters. The number of aryl methyl sites for hydroxylation is 2. The Kier molecular flexibility index (Phi) is 4.91. The molecule has 0 fully saturated rings. The predicted molar refractivity (Wildman–Crippen MR) is 95.3 cm³/mol. The second kappa shape index (κ2) is 7.09. The van der Waals surface area contributed by atoms with Crippen molar-refractivity contribution in [2.45, 2.75) is 26.7 Å². The third-order valence-corrected chi connectivity index (χ3v) is 4.77. The van der Waals surface area contributed by atoms with Gasteiger partial charge < -0.3 is 4.74 Å². The first kappa shape index (κ1) is 15.9. The zero-order valence-corrected chi connectivity index (χ0v) is 14.3. The molecule has 0 atom stereocenters. The van der Waals surface area contributed by atoms with Crippen molar-refractivity contribution in [1.82, 2.24) is 4.98 Å². The highest BCUT2D eigenvalue weighted by Gasteiger charge is 2.10. The molecule has 3 rings (SSSR count). The highest BCUT2D eigenvalue weighted by Crippen LogP contribution is 2.33. The van der Waals surface area contributed by atoms with Gasteiger partial charge >= 0.3 is 0 Å². The van der Waals surface area contributed by atoms with Gasteiger partial charge in [0.2, 0.25) is 0 Å². The van der Waals surface area contributed by atoms with Crippen LogP contribution in [-0.2, 0) is 6.42 Å². The summed E-state index contributed by atoms with van der Waals surface area (Å²) in [6.07, 6.45) is 1.94. The molecule has 0 aliphatic heterocycles. The van der Waals surface area contributed by atoms with E-state index < -0.39 is 6.67 Å². The molecule has 120 valence electrons. The van der Waals surface area contributed by atoms with E-state index in [0.717, 1.165) is 40.2 Å². The molecule has 0 saturated carbocycles. The van der Waals surface area contributed by atoms with Crippen LogP contribution in [0.1, 0.15) is 24.5 Å². The van der Waals surface area contributed by atoms with E-state index in [9.17, 15) is 4.39 Å². The summed E-state index contributed by atoms with van der Waals surface area (Å²) in [5, 5.41) is 1.01. The highest BCUT2D eigenvalue weighted by molar-refractivity contribution is 7.21. The summed E-state index contributed by atoms with van der Waals surface area (Å²) in [7, 11) is 0. The molecule has 0 bridgehead atoms. The lowest BCUT2D eigenvalue weighted by Crippen LogP contribution is -2.01. The Morgan fingerprint density at radius 2 is 2.04 bits per heavy atom. The SMILES string of the molecule is CCCc1cc(-c2nc3ccc(C)cc3s2)ccc1OCCF. The molecule has 1 heterocycles. The average molecular weight is 329 g/mol. The van der Waals surface area contributed by atoms with Gasteiger partial charge in [-0.25, -0.2) is 9.37 Å². The number of rotatable bonds is 6. The van der Waals surface area contributed by atoms with Gasteiger partial charge in [-0.3, -0.25) is 0 Å². The predicted octanol–water partition coefficient (Wildman–Crippen LogP) is 5.57. The molecule has 2 nitrogen and oxygen atoms in total. The summed E-state index contributed by atoms with van der Waals surface area (Å²) in [4.78, 5) is 4.73. The number of halogens is 1. The third-order valence-electron chi connectivity index (χ3n) is 3.71. The fraction of sp³-hybridized carbons (Fsp3) is 0.316. The number of hydrogen-bond acceptors (Lipinski definition) is 3. The highest BCUT2D eigenvalue weighted by atomic mass is 32.1. The smallest absolute Gasteiger partial charge is 0.124 e. The molecular formula is C19H20FNOS. The molecule has 2 aromatic carbocycles. The van der Waals surface area contributed by atoms with Crippen LogP contribution >= 0.6 is 11.3 Å². The molecule has 0 radical (unpaired) electrons. The largest absolute Gasteiger partial charge is 0.491 e. The second-order valence-electron chi connectivity index (χ2n) is 5.60. The number of hydrogen-bond donors (Lipinski definition) is 0. The quantitative estimate of drug-likeness (QED) is 0.589.